The van der Waals surface area contributed by atoms with Crippen molar-refractivity contribution < 1.29 is 4.84 Å². The zero-order chi connectivity index (χ0) is 6.69. The largest absolute Gasteiger partial charge is 0.395 e. The van der Waals surface area contributed by atoms with E-state index >= 15 is 0 Å². The Balaban J connectivity index is 2.40. The highest BCUT2D eigenvalue weighted by Gasteiger charge is 2.13. The molecular weight excluding hydrogens is 116 g/mol. The van der Waals surface area contributed by atoms with Crippen molar-refractivity contribution in [3.63, 3.8) is 0 Å². The molecule has 9 heavy (non-hydrogen) atoms. The Morgan fingerprint density at radius 2 is 2.67 bits per heavy atom. The fourth-order valence-electron chi connectivity index (χ4n) is 0.813. The van der Waals surface area contributed by atoms with E-state index in [-0.39, 0.29) is 6.04 Å². The van der Waals surface area contributed by atoms with E-state index in [9.17, 15) is 0 Å². The van der Waals surface area contributed by atoms with Crippen LogP contribution >= 0.6 is 0 Å². The van der Waals surface area contributed by atoms with Crippen molar-refractivity contribution >= 4 is 5.71 Å². The van der Waals surface area contributed by atoms with E-state index in [1.807, 2.05) is 6.92 Å². The number of nitrogens with zero attached hydrogens (tertiary/aromatic N) is 1. The first kappa shape index (κ1) is 6.55. The van der Waals surface area contributed by atoms with Gasteiger partial charge in [0.15, 0.2) is 0 Å². The molecule has 0 saturated carbocycles. The molecule has 0 unspecified atom stereocenters. The maximum absolute atomic E-state index is 5.67. The lowest BCUT2D eigenvalue weighted by Gasteiger charge is -2.03. The van der Waals surface area contributed by atoms with Crippen LogP contribution < -0.4 is 5.73 Å². The van der Waals surface area contributed by atoms with E-state index in [2.05, 4.69) is 5.16 Å². The number of hydrogen-bond acceptors (Lipinski definition) is 3. The Hall–Kier alpha value is -0.570. The molecule has 3 nitrogen and oxygen atoms in total. The average Bonchev–Trinajstić information content (AvgIpc) is 2.37. The van der Waals surface area contributed by atoms with Gasteiger partial charge >= 0.3 is 0 Å². The van der Waals surface area contributed by atoms with Crippen LogP contribution in [0.5, 0.6) is 0 Å². The minimum Gasteiger partial charge on any atom is -0.395 e. The van der Waals surface area contributed by atoms with Crippen molar-refractivity contribution in [1.82, 2.24) is 0 Å². The number of hydrogen-bond donors (Lipinski definition) is 1. The molecule has 1 heterocycles. The molecular formula is C6H12N2O. The predicted molar refractivity (Wildman–Crippen MR) is 36.3 cm³/mol. The molecule has 1 aliphatic rings. The molecule has 0 radical (unpaired) electrons. The Bertz CT molecular complexity index is 122. The van der Waals surface area contributed by atoms with Crippen molar-refractivity contribution in [2.75, 3.05) is 6.61 Å². The van der Waals surface area contributed by atoms with Crippen LogP contribution in [0.3, 0.4) is 0 Å². The zero-order valence-electron chi connectivity index (χ0n) is 5.63. The molecule has 0 saturated heterocycles. The summed E-state index contributed by atoms with van der Waals surface area (Å²) >= 11 is 0. The topological polar surface area (TPSA) is 47.6 Å². The summed E-state index contributed by atoms with van der Waals surface area (Å²) in [6, 6.07) is 0.118. The summed E-state index contributed by atoms with van der Waals surface area (Å²) in [7, 11) is 0. The monoisotopic (exact) mass is 128 g/mol. The summed E-state index contributed by atoms with van der Waals surface area (Å²) in [5.41, 5.74) is 6.68. The fourth-order valence-corrected chi connectivity index (χ4v) is 0.813. The Kier molecular flexibility index (Phi) is 2.05. The van der Waals surface area contributed by atoms with Gasteiger partial charge in [-0.25, -0.2) is 0 Å². The van der Waals surface area contributed by atoms with E-state index in [1.54, 1.807) is 0 Å². The van der Waals surface area contributed by atoms with E-state index in [0.717, 1.165) is 18.6 Å². The maximum Gasteiger partial charge on any atom is 0.122 e. The van der Waals surface area contributed by atoms with Crippen LogP contribution in [0.2, 0.25) is 0 Å². The van der Waals surface area contributed by atoms with Gasteiger partial charge in [-0.1, -0.05) is 12.1 Å². The molecule has 1 atom stereocenters. The van der Waals surface area contributed by atoms with E-state index in [1.165, 1.54) is 0 Å². The molecule has 0 amide bonds. The summed E-state index contributed by atoms with van der Waals surface area (Å²) in [6.45, 7) is 2.76. The first-order chi connectivity index (χ1) is 4.34. The molecule has 0 spiro atoms. The quantitative estimate of drug-likeness (QED) is 0.588. The second-order valence-electron chi connectivity index (χ2n) is 2.18. The standard InChI is InChI=1S/C6H12N2O/c1-2-5(7)6-3-4-9-8-6/h5H,2-4,7H2,1H3/t5-/m1/s1. The summed E-state index contributed by atoms with van der Waals surface area (Å²) in [6.07, 6.45) is 1.86. The first-order valence-electron chi connectivity index (χ1n) is 3.29. The highest BCUT2D eigenvalue weighted by Crippen LogP contribution is 2.04. The molecule has 3 heteroatoms. The van der Waals surface area contributed by atoms with Gasteiger partial charge in [-0.05, 0) is 6.42 Å². The molecule has 0 fully saturated rings. The summed E-state index contributed by atoms with van der Waals surface area (Å²) in [4.78, 5) is 4.79. The van der Waals surface area contributed by atoms with Crippen molar-refractivity contribution in [2.24, 2.45) is 10.9 Å². The lowest BCUT2D eigenvalue weighted by atomic mass is 10.1. The minimum atomic E-state index is 0.118. The fraction of sp³-hybridized carbons (Fsp3) is 0.833. The molecule has 2 N–H and O–H groups in total. The number of rotatable bonds is 2. The third-order valence-corrected chi connectivity index (χ3v) is 1.50. The molecule has 0 aliphatic carbocycles. The SMILES string of the molecule is CC[C@@H](N)C1=NOCC1. The third-order valence-electron chi connectivity index (χ3n) is 1.50. The van der Waals surface area contributed by atoms with Crippen LogP contribution in [-0.4, -0.2) is 18.4 Å². The van der Waals surface area contributed by atoms with Crippen LogP contribution in [0, 0.1) is 0 Å². The Labute approximate surface area is 54.9 Å². The van der Waals surface area contributed by atoms with Gasteiger partial charge in [0, 0.05) is 12.5 Å². The summed E-state index contributed by atoms with van der Waals surface area (Å²) in [5.74, 6) is 0. The maximum atomic E-state index is 5.67. The zero-order valence-corrected chi connectivity index (χ0v) is 5.63. The second-order valence-corrected chi connectivity index (χ2v) is 2.18. The van der Waals surface area contributed by atoms with Gasteiger partial charge < -0.3 is 10.6 Å². The van der Waals surface area contributed by atoms with Crippen LogP contribution in [-0.2, 0) is 4.84 Å². The van der Waals surface area contributed by atoms with Crippen molar-refractivity contribution in [2.45, 2.75) is 25.8 Å². The Morgan fingerprint density at radius 3 is 3.11 bits per heavy atom. The second kappa shape index (κ2) is 2.82. The highest BCUT2D eigenvalue weighted by atomic mass is 16.6. The van der Waals surface area contributed by atoms with E-state index in [0.29, 0.717) is 6.61 Å². The predicted octanol–water partition coefficient (Wildman–Crippen LogP) is 0.500. The molecule has 0 bridgehead atoms. The minimum absolute atomic E-state index is 0.118. The van der Waals surface area contributed by atoms with Gasteiger partial charge in [-0.3, -0.25) is 0 Å². The van der Waals surface area contributed by atoms with Gasteiger partial charge in [-0.2, -0.15) is 0 Å². The van der Waals surface area contributed by atoms with Gasteiger partial charge in [0.1, 0.15) is 6.61 Å². The summed E-state index contributed by atoms with van der Waals surface area (Å²) < 4.78 is 0. The number of oxime groups is 1. The smallest absolute Gasteiger partial charge is 0.122 e. The number of nitrogens with two attached hydrogens (primary N) is 1. The van der Waals surface area contributed by atoms with E-state index in [4.69, 9.17) is 10.6 Å². The van der Waals surface area contributed by atoms with Crippen LogP contribution in [0.1, 0.15) is 19.8 Å². The summed E-state index contributed by atoms with van der Waals surface area (Å²) in [5, 5.41) is 3.80. The van der Waals surface area contributed by atoms with Crippen LogP contribution in [0.25, 0.3) is 0 Å². The van der Waals surface area contributed by atoms with Gasteiger partial charge in [-0.15, -0.1) is 0 Å². The normalized spacial score (nSPS) is 20.9. The first-order valence-corrected chi connectivity index (χ1v) is 3.29. The molecule has 1 rings (SSSR count). The lowest BCUT2D eigenvalue weighted by Crippen LogP contribution is -2.28. The molecule has 1 aliphatic heterocycles. The van der Waals surface area contributed by atoms with Gasteiger partial charge in [0.05, 0.1) is 5.71 Å². The van der Waals surface area contributed by atoms with Crippen molar-refractivity contribution in [3.8, 4) is 0 Å². The van der Waals surface area contributed by atoms with Gasteiger partial charge in [0.25, 0.3) is 0 Å². The van der Waals surface area contributed by atoms with Gasteiger partial charge in [0.2, 0.25) is 0 Å². The van der Waals surface area contributed by atoms with Crippen molar-refractivity contribution in [1.29, 1.82) is 0 Å². The van der Waals surface area contributed by atoms with Crippen LogP contribution in [0.15, 0.2) is 5.16 Å². The highest BCUT2D eigenvalue weighted by molar-refractivity contribution is 5.89. The molecule has 52 valence electrons. The van der Waals surface area contributed by atoms with E-state index < -0.39 is 0 Å². The van der Waals surface area contributed by atoms with Crippen LogP contribution in [0.4, 0.5) is 0 Å². The third kappa shape index (κ3) is 1.42. The van der Waals surface area contributed by atoms with Crippen molar-refractivity contribution in [3.05, 3.63) is 0 Å². The Morgan fingerprint density at radius 1 is 1.89 bits per heavy atom. The average molecular weight is 128 g/mol. The molecule has 0 aromatic rings. The lowest BCUT2D eigenvalue weighted by molar-refractivity contribution is 0.173. The molecule has 0 aromatic heterocycles. The molecule has 0 aromatic carbocycles.